The number of carbonyl (C=O) groups excluding carboxylic acids is 1. The number of fused-ring (bicyclic) bond motifs is 1. The van der Waals surface area contributed by atoms with Crippen molar-refractivity contribution in [1.82, 2.24) is 4.90 Å². The summed E-state index contributed by atoms with van der Waals surface area (Å²) in [6.45, 7) is 7.56. The number of nitrogens with two attached hydrogens (primary N) is 1. The van der Waals surface area contributed by atoms with E-state index in [0.717, 1.165) is 38.9 Å². The average Bonchev–Trinajstić information content (AvgIpc) is 2.43. The molecule has 0 heterocycles. The molecule has 0 spiro atoms. The van der Waals surface area contributed by atoms with E-state index in [1.807, 2.05) is 0 Å². The van der Waals surface area contributed by atoms with E-state index in [-0.39, 0.29) is 11.8 Å². The molecule has 2 rings (SSSR count). The zero-order valence-corrected chi connectivity index (χ0v) is 12.0. The number of hydrogen-bond acceptors (Lipinski definition) is 2. The molecule has 0 saturated heterocycles. The van der Waals surface area contributed by atoms with Gasteiger partial charge in [0.1, 0.15) is 0 Å². The molecule has 0 radical (unpaired) electrons. The normalized spacial score (nSPS) is 18.4. The van der Waals surface area contributed by atoms with Crippen LogP contribution in [0.2, 0.25) is 0 Å². The molecule has 0 aliphatic heterocycles. The maximum atomic E-state index is 11.3. The zero-order chi connectivity index (χ0) is 13.8. The Balaban J connectivity index is 2.11. The molecule has 3 nitrogen and oxygen atoms in total. The van der Waals surface area contributed by atoms with Gasteiger partial charge in [-0.05, 0) is 49.0 Å². The Hall–Kier alpha value is -1.35. The molecule has 0 bridgehead atoms. The summed E-state index contributed by atoms with van der Waals surface area (Å²) >= 11 is 0. The largest absolute Gasteiger partial charge is 0.369 e. The Labute approximate surface area is 115 Å². The number of rotatable bonds is 5. The molecule has 0 fully saturated rings. The fourth-order valence-electron chi connectivity index (χ4n) is 2.85. The van der Waals surface area contributed by atoms with Crippen LogP contribution in [0, 0.1) is 5.92 Å². The van der Waals surface area contributed by atoms with Crippen LogP contribution in [-0.2, 0) is 24.2 Å². The van der Waals surface area contributed by atoms with Gasteiger partial charge in [-0.1, -0.05) is 32.0 Å². The second-order valence-corrected chi connectivity index (χ2v) is 5.41. The highest BCUT2D eigenvalue weighted by molar-refractivity contribution is 5.77. The van der Waals surface area contributed by atoms with Crippen molar-refractivity contribution in [2.45, 2.75) is 39.7 Å². The summed E-state index contributed by atoms with van der Waals surface area (Å²) in [4.78, 5) is 13.7. The summed E-state index contributed by atoms with van der Waals surface area (Å²) < 4.78 is 0. The molecule has 1 amide bonds. The lowest BCUT2D eigenvalue weighted by molar-refractivity contribution is -0.122. The smallest absolute Gasteiger partial charge is 0.220 e. The highest BCUT2D eigenvalue weighted by Gasteiger charge is 2.22. The number of primary amides is 1. The molecule has 1 aromatic rings. The Morgan fingerprint density at radius 2 is 2.05 bits per heavy atom. The highest BCUT2D eigenvalue weighted by Crippen LogP contribution is 2.26. The van der Waals surface area contributed by atoms with Gasteiger partial charge in [-0.2, -0.15) is 0 Å². The monoisotopic (exact) mass is 260 g/mol. The second kappa shape index (κ2) is 6.20. The summed E-state index contributed by atoms with van der Waals surface area (Å²) in [5, 5.41) is 0. The van der Waals surface area contributed by atoms with Gasteiger partial charge in [0.25, 0.3) is 0 Å². The van der Waals surface area contributed by atoms with Crippen LogP contribution in [0.5, 0.6) is 0 Å². The van der Waals surface area contributed by atoms with Gasteiger partial charge in [0.2, 0.25) is 5.91 Å². The predicted octanol–water partition coefficient (Wildman–Crippen LogP) is 2.12. The summed E-state index contributed by atoms with van der Waals surface area (Å²) in [6.07, 6.45) is 2.70. The van der Waals surface area contributed by atoms with Gasteiger partial charge in [-0.25, -0.2) is 0 Å². The first kappa shape index (κ1) is 14.1. The standard InChI is InChI=1S/C16H24N2O/c1-3-18(4-2)11-12-5-6-14-10-15(16(17)19)8-7-13(14)9-12/h5-6,9,15H,3-4,7-8,10-11H2,1-2H3,(H2,17,19)/t15-/m1/s1. The lowest BCUT2D eigenvalue weighted by atomic mass is 9.83. The predicted molar refractivity (Wildman–Crippen MR) is 77.8 cm³/mol. The van der Waals surface area contributed by atoms with E-state index in [0.29, 0.717) is 0 Å². The van der Waals surface area contributed by atoms with E-state index in [1.54, 1.807) is 0 Å². The van der Waals surface area contributed by atoms with Crippen LogP contribution < -0.4 is 5.73 Å². The first-order valence-corrected chi connectivity index (χ1v) is 7.26. The summed E-state index contributed by atoms with van der Waals surface area (Å²) in [5.74, 6) is -0.126. The fourth-order valence-corrected chi connectivity index (χ4v) is 2.85. The van der Waals surface area contributed by atoms with E-state index >= 15 is 0 Å². The van der Waals surface area contributed by atoms with Gasteiger partial charge in [-0.15, -0.1) is 0 Å². The molecule has 1 aliphatic carbocycles. The van der Waals surface area contributed by atoms with Gasteiger partial charge < -0.3 is 5.73 Å². The minimum Gasteiger partial charge on any atom is -0.369 e. The Bertz CT molecular complexity index is 452. The quantitative estimate of drug-likeness (QED) is 0.881. The number of hydrogen-bond donors (Lipinski definition) is 1. The molecule has 104 valence electrons. The number of carbonyl (C=O) groups is 1. The van der Waals surface area contributed by atoms with Crippen molar-refractivity contribution in [3.63, 3.8) is 0 Å². The molecule has 0 unspecified atom stereocenters. The first-order chi connectivity index (χ1) is 9.13. The second-order valence-electron chi connectivity index (χ2n) is 5.41. The van der Waals surface area contributed by atoms with Crippen LogP contribution >= 0.6 is 0 Å². The number of benzene rings is 1. The van der Waals surface area contributed by atoms with Crippen LogP contribution in [0.1, 0.15) is 37.0 Å². The van der Waals surface area contributed by atoms with E-state index < -0.39 is 0 Å². The number of nitrogens with zero attached hydrogens (tertiary/aromatic N) is 1. The van der Waals surface area contributed by atoms with Crippen molar-refractivity contribution in [3.8, 4) is 0 Å². The first-order valence-electron chi connectivity index (χ1n) is 7.26. The third kappa shape index (κ3) is 3.35. The van der Waals surface area contributed by atoms with Gasteiger partial charge >= 0.3 is 0 Å². The molecule has 1 aromatic carbocycles. The average molecular weight is 260 g/mol. The Kier molecular flexibility index (Phi) is 4.59. The molecule has 0 saturated carbocycles. The Morgan fingerprint density at radius 3 is 2.68 bits per heavy atom. The van der Waals surface area contributed by atoms with Crippen LogP contribution in [0.25, 0.3) is 0 Å². The van der Waals surface area contributed by atoms with Crippen molar-refractivity contribution in [2.24, 2.45) is 11.7 Å². The van der Waals surface area contributed by atoms with Gasteiger partial charge in [0, 0.05) is 12.5 Å². The molecule has 2 N–H and O–H groups in total. The molecule has 3 heteroatoms. The van der Waals surface area contributed by atoms with E-state index in [2.05, 4.69) is 36.9 Å². The lowest BCUT2D eigenvalue weighted by Crippen LogP contribution is -2.28. The van der Waals surface area contributed by atoms with Crippen molar-refractivity contribution >= 4 is 5.91 Å². The minimum atomic E-state index is -0.155. The molecular weight excluding hydrogens is 236 g/mol. The third-order valence-corrected chi connectivity index (χ3v) is 4.20. The summed E-state index contributed by atoms with van der Waals surface area (Å²) in [5.41, 5.74) is 9.49. The van der Waals surface area contributed by atoms with Gasteiger partial charge in [0.05, 0.1) is 0 Å². The third-order valence-electron chi connectivity index (χ3n) is 4.20. The fraction of sp³-hybridized carbons (Fsp3) is 0.562. The molecule has 0 aromatic heterocycles. The molecule has 19 heavy (non-hydrogen) atoms. The maximum Gasteiger partial charge on any atom is 0.220 e. The van der Waals surface area contributed by atoms with Crippen molar-refractivity contribution in [2.75, 3.05) is 13.1 Å². The van der Waals surface area contributed by atoms with Crippen LogP contribution in [0.3, 0.4) is 0 Å². The van der Waals surface area contributed by atoms with E-state index in [1.165, 1.54) is 16.7 Å². The zero-order valence-electron chi connectivity index (χ0n) is 12.0. The van der Waals surface area contributed by atoms with Crippen LogP contribution in [-0.4, -0.2) is 23.9 Å². The molecule has 1 atom stereocenters. The maximum absolute atomic E-state index is 11.3. The molecule has 1 aliphatic rings. The van der Waals surface area contributed by atoms with Gasteiger partial charge in [0.15, 0.2) is 0 Å². The topological polar surface area (TPSA) is 46.3 Å². The minimum absolute atomic E-state index is 0.0288. The highest BCUT2D eigenvalue weighted by atomic mass is 16.1. The number of amides is 1. The molecular formula is C16H24N2O. The van der Waals surface area contributed by atoms with E-state index in [4.69, 9.17) is 5.73 Å². The SMILES string of the molecule is CCN(CC)Cc1ccc2c(c1)CC[C@@H](C(N)=O)C2. The summed E-state index contributed by atoms with van der Waals surface area (Å²) in [7, 11) is 0. The Morgan fingerprint density at radius 1 is 1.32 bits per heavy atom. The van der Waals surface area contributed by atoms with Crippen molar-refractivity contribution < 1.29 is 4.79 Å². The van der Waals surface area contributed by atoms with Crippen molar-refractivity contribution in [3.05, 3.63) is 34.9 Å². The van der Waals surface area contributed by atoms with Crippen LogP contribution in [0.4, 0.5) is 0 Å². The lowest BCUT2D eigenvalue weighted by Gasteiger charge is -2.24. The summed E-state index contributed by atoms with van der Waals surface area (Å²) in [6, 6.07) is 6.69. The van der Waals surface area contributed by atoms with Crippen molar-refractivity contribution in [1.29, 1.82) is 0 Å². The van der Waals surface area contributed by atoms with Gasteiger partial charge in [-0.3, -0.25) is 9.69 Å². The van der Waals surface area contributed by atoms with Crippen LogP contribution in [0.15, 0.2) is 18.2 Å². The number of aryl methyl sites for hydroxylation is 1. The van der Waals surface area contributed by atoms with E-state index in [9.17, 15) is 4.79 Å².